The first-order valence-electron chi connectivity index (χ1n) is 15.1. The van der Waals surface area contributed by atoms with Gasteiger partial charge in [0.15, 0.2) is 0 Å². The van der Waals surface area contributed by atoms with Gasteiger partial charge in [-0.25, -0.2) is 8.42 Å². The first kappa shape index (κ1) is 35.2. The van der Waals surface area contributed by atoms with Crippen molar-refractivity contribution in [2.75, 3.05) is 17.4 Å². The highest BCUT2D eigenvalue weighted by Crippen LogP contribution is 2.30. The van der Waals surface area contributed by atoms with Crippen molar-refractivity contribution in [2.24, 2.45) is 5.92 Å². The van der Waals surface area contributed by atoms with Crippen molar-refractivity contribution in [1.29, 1.82) is 0 Å². The van der Waals surface area contributed by atoms with Gasteiger partial charge in [-0.15, -0.1) is 0 Å². The van der Waals surface area contributed by atoms with Crippen LogP contribution >= 0.6 is 27.5 Å². The second-order valence-electron chi connectivity index (χ2n) is 11.8. The Bertz CT molecular complexity index is 1770. The minimum atomic E-state index is -4.23. The SMILES string of the molecule is Cc1ccc(S(=O)(=O)N(CC(=O)N(Cc2cccc(Br)c2)C(Cc2ccccc2)C(=O)NCC(C)C)c2cc(Cl)ccc2C)cc1. The maximum atomic E-state index is 14.6. The molecule has 1 unspecified atom stereocenters. The third-order valence-electron chi connectivity index (χ3n) is 7.53. The molecule has 0 aromatic heterocycles. The van der Waals surface area contributed by atoms with Crippen molar-refractivity contribution in [1.82, 2.24) is 10.2 Å². The third-order valence-corrected chi connectivity index (χ3v) is 10.0. The van der Waals surface area contributed by atoms with Crippen molar-refractivity contribution in [3.63, 3.8) is 0 Å². The fourth-order valence-corrected chi connectivity index (χ4v) is 7.09. The summed E-state index contributed by atoms with van der Waals surface area (Å²) in [7, 11) is -4.23. The van der Waals surface area contributed by atoms with Crippen LogP contribution in [-0.2, 0) is 32.6 Å². The van der Waals surface area contributed by atoms with Crippen LogP contribution in [0.5, 0.6) is 0 Å². The summed E-state index contributed by atoms with van der Waals surface area (Å²) in [5.74, 6) is -0.653. The van der Waals surface area contributed by atoms with Crippen LogP contribution in [0.4, 0.5) is 5.69 Å². The molecule has 7 nitrogen and oxygen atoms in total. The fraction of sp³-hybridized carbons (Fsp3) is 0.278. The quantitative estimate of drug-likeness (QED) is 0.157. The fourth-order valence-electron chi connectivity index (χ4n) is 5.01. The Kier molecular flexibility index (Phi) is 12.1. The first-order chi connectivity index (χ1) is 21.8. The molecule has 1 atom stereocenters. The second-order valence-corrected chi connectivity index (χ2v) is 15.0. The molecule has 0 radical (unpaired) electrons. The molecule has 0 aliphatic heterocycles. The number of nitrogens with zero attached hydrogens (tertiary/aromatic N) is 2. The molecule has 0 saturated carbocycles. The Balaban J connectivity index is 1.83. The summed E-state index contributed by atoms with van der Waals surface area (Å²) < 4.78 is 30.5. The highest BCUT2D eigenvalue weighted by atomic mass is 79.9. The van der Waals surface area contributed by atoms with E-state index in [1.54, 1.807) is 37.3 Å². The topological polar surface area (TPSA) is 86.8 Å². The molecule has 242 valence electrons. The average Bonchev–Trinajstić information content (AvgIpc) is 3.02. The Labute approximate surface area is 285 Å². The lowest BCUT2D eigenvalue weighted by molar-refractivity contribution is -0.140. The van der Waals surface area contributed by atoms with Crippen LogP contribution in [0.25, 0.3) is 0 Å². The number of carbonyl (C=O) groups excluding carboxylic acids is 2. The van der Waals surface area contributed by atoms with Crippen LogP contribution in [0.15, 0.2) is 106 Å². The van der Waals surface area contributed by atoms with E-state index < -0.39 is 28.5 Å². The molecular formula is C36H39BrClN3O4S. The normalized spacial score (nSPS) is 12.1. The molecule has 4 aromatic carbocycles. The summed E-state index contributed by atoms with van der Waals surface area (Å²) in [5.41, 5.74) is 3.46. The number of rotatable bonds is 13. The highest BCUT2D eigenvalue weighted by Gasteiger charge is 2.35. The van der Waals surface area contributed by atoms with Crippen molar-refractivity contribution in [3.05, 3.63) is 129 Å². The number of hydrogen-bond acceptors (Lipinski definition) is 4. The summed E-state index contributed by atoms with van der Waals surface area (Å²) in [4.78, 5) is 30.0. The molecule has 0 fully saturated rings. The van der Waals surface area contributed by atoms with Gasteiger partial charge in [0, 0.05) is 29.0 Å². The molecule has 0 bridgehead atoms. The zero-order valence-electron chi connectivity index (χ0n) is 26.4. The lowest BCUT2D eigenvalue weighted by atomic mass is 10.0. The van der Waals surface area contributed by atoms with Gasteiger partial charge in [-0.1, -0.05) is 108 Å². The van der Waals surface area contributed by atoms with Gasteiger partial charge in [0.2, 0.25) is 11.8 Å². The molecule has 4 aromatic rings. The minimum absolute atomic E-state index is 0.0410. The van der Waals surface area contributed by atoms with Crippen LogP contribution in [0.3, 0.4) is 0 Å². The largest absolute Gasteiger partial charge is 0.354 e. The van der Waals surface area contributed by atoms with Gasteiger partial charge < -0.3 is 10.2 Å². The molecule has 10 heteroatoms. The van der Waals surface area contributed by atoms with E-state index in [1.807, 2.05) is 75.4 Å². The van der Waals surface area contributed by atoms with Crippen LogP contribution in [0.1, 0.15) is 36.1 Å². The monoisotopic (exact) mass is 723 g/mol. The van der Waals surface area contributed by atoms with E-state index in [-0.39, 0.29) is 35.4 Å². The van der Waals surface area contributed by atoms with Crippen molar-refractivity contribution in [2.45, 2.75) is 51.6 Å². The van der Waals surface area contributed by atoms with E-state index in [9.17, 15) is 18.0 Å². The Morgan fingerprint density at radius 3 is 2.20 bits per heavy atom. The van der Waals surface area contributed by atoms with Crippen molar-refractivity contribution < 1.29 is 18.0 Å². The van der Waals surface area contributed by atoms with E-state index in [2.05, 4.69) is 21.2 Å². The summed E-state index contributed by atoms with van der Waals surface area (Å²) in [6.07, 6.45) is 0.241. The molecule has 0 spiro atoms. The zero-order chi connectivity index (χ0) is 33.4. The summed E-state index contributed by atoms with van der Waals surface area (Å²) in [6, 6.07) is 27.5. The van der Waals surface area contributed by atoms with E-state index in [0.29, 0.717) is 17.1 Å². The van der Waals surface area contributed by atoms with Crippen molar-refractivity contribution >= 4 is 55.1 Å². The van der Waals surface area contributed by atoms with Crippen LogP contribution < -0.4 is 9.62 Å². The van der Waals surface area contributed by atoms with E-state index >= 15 is 0 Å². The zero-order valence-corrected chi connectivity index (χ0v) is 29.6. The predicted molar refractivity (Wildman–Crippen MR) is 188 cm³/mol. The van der Waals surface area contributed by atoms with Gasteiger partial charge in [-0.2, -0.15) is 0 Å². The molecule has 46 heavy (non-hydrogen) atoms. The third kappa shape index (κ3) is 9.21. The number of amides is 2. The molecule has 0 aliphatic carbocycles. The lowest BCUT2D eigenvalue weighted by Crippen LogP contribution is -2.53. The number of sulfonamides is 1. The summed E-state index contributed by atoms with van der Waals surface area (Å²) in [5, 5.41) is 3.34. The van der Waals surface area contributed by atoms with Crippen LogP contribution in [-0.4, -0.2) is 44.3 Å². The van der Waals surface area contributed by atoms with Gasteiger partial charge in [0.05, 0.1) is 10.6 Å². The average molecular weight is 725 g/mol. The maximum absolute atomic E-state index is 14.6. The Morgan fingerprint density at radius 1 is 0.870 bits per heavy atom. The first-order valence-corrected chi connectivity index (χ1v) is 17.7. The maximum Gasteiger partial charge on any atom is 0.264 e. The number of benzene rings is 4. The number of halogens is 2. The lowest BCUT2D eigenvalue weighted by Gasteiger charge is -2.34. The van der Waals surface area contributed by atoms with Gasteiger partial charge in [-0.05, 0) is 72.9 Å². The minimum Gasteiger partial charge on any atom is -0.354 e. The van der Waals surface area contributed by atoms with Gasteiger partial charge >= 0.3 is 0 Å². The number of aryl methyl sites for hydroxylation is 2. The molecular weight excluding hydrogens is 686 g/mol. The Hall–Kier alpha value is -3.66. The van der Waals surface area contributed by atoms with Gasteiger partial charge in [-0.3, -0.25) is 13.9 Å². The number of anilines is 1. The van der Waals surface area contributed by atoms with Gasteiger partial charge in [0.1, 0.15) is 12.6 Å². The molecule has 4 rings (SSSR count). The van der Waals surface area contributed by atoms with Crippen LogP contribution in [0, 0.1) is 19.8 Å². The smallest absolute Gasteiger partial charge is 0.264 e. The molecule has 0 saturated heterocycles. The van der Waals surface area contributed by atoms with Gasteiger partial charge in [0.25, 0.3) is 10.0 Å². The molecule has 1 N–H and O–H groups in total. The number of hydrogen-bond donors (Lipinski definition) is 1. The standard InChI is InChI=1S/C36H39BrClN3O4S/c1-25(2)22-39-36(43)34(20-28-9-6-5-7-10-28)40(23-29-11-8-12-30(37)19-29)35(42)24-41(33-21-31(38)16-15-27(33)4)46(44,45)32-17-13-26(3)14-18-32/h5-19,21,25,34H,20,22-24H2,1-4H3,(H,39,43). The molecule has 0 heterocycles. The van der Waals surface area contributed by atoms with Crippen molar-refractivity contribution in [3.8, 4) is 0 Å². The summed E-state index contributed by atoms with van der Waals surface area (Å²) >= 11 is 9.88. The molecule has 2 amide bonds. The summed E-state index contributed by atoms with van der Waals surface area (Å²) in [6.45, 7) is 7.60. The Morgan fingerprint density at radius 2 is 1.54 bits per heavy atom. The highest BCUT2D eigenvalue weighted by molar-refractivity contribution is 9.10. The number of carbonyl (C=O) groups is 2. The van der Waals surface area contributed by atoms with E-state index in [1.165, 1.54) is 17.0 Å². The molecule has 0 aliphatic rings. The van der Waals surface area contributed by atoms with E-state index in [4.69, 9.17) is 11.6 Å². The van der Waals surface area contributed by atoms with E-state index in [0.717, 1.165) is 25.5 Å². The number of nitrogens with one attached hydrogen (secondary N) is 1. The predicted octanol–water partition coefficient (Wildman–Crippen LogP) is 7.33. The second kappa shape index (κ2) is 15.8. The van der Waals surface area contributed by atoms with Crippen LogP contribution in [0.2, 0.25) is 5.02 Å².